The lowest BCUT2D eigenvalue weighted by molar-refractivity contribution is -0.118. The maximum atomic E-state index is 11.3. The third kappa shape index (κ3) is 3.23. The Morgan fingerprint density at radius 2 is 2.43 bits per heavy atom. The van der Waals surface area contributed by atoms with Gasteiger partial charge in [0.15, 0.2) is 5.82 Å². The van der Waals surface area contributed by atoms with Crippen LogP contribution in [-0.2, 0) is 11.2 Å². The summed E-state index contributed by atoms with van der Waals surface area (Å²) < 4.78 is 3.92. The number of carbonyl (C=O) groups is 1. The minimum absolute atomic E-state index is 0.147. The van der Waals surface area contributed by atoms with Gasteiger partial charge in [-0.1, -0.05) is 13.3 Å². The van der Waals surface area contributed by atoms with Gasteiger partial charge < -0.3 is 0 Å². The Hall–Kier alpha value is -1.28. The third-order valence-corrected chi connectivity index (χ3v) is 2.39. The Balaban J connectivity index is 2.44. The maximum absolute atomic E-state index is 11.3. The normalized spacial score (nSPS) is 9.71. The molecule has 0 fully saturated rings. The van der Waals surface area contributed by atoms with Crippen molar-refractivity contribution < 1.29 is 4.79 Å². The standard InChI is InChI=1S/C9H11N3OS/c1-2-3-4-7(13)5-8-11-9(6-10)14-12-8/h2-5H2,1H3. The number of hydrogen-bond donors (Lipinski definition) is 0. The lowest BCUT2D eigenvalue weighted by Gasteiger charge is -1.94. The van der Waals surface area contributed by atoms with Crippen molar-refractivity contribution in [2.45, 2.75) is 32.6 Å². The van der Waals surface area contributed by atoms with Gasteiger partial charge in [0.25, 0.3) is 0 Å². The van der Waals surface area contributed by atoms with Crippen molar-refractivity contribution in [3.63, 3.8) is 0 Å². The van der Waals surface area contributed by atoms with E-state index in [2.05, 4.69) is 9.36 Å². The number of unbranched alkanes of at least 4 members (excludes halogenated alkanes) is 1. The molecule has 14 heavy (non-hydrogen) atoms. The molecule has 0 radical (unpaired) electrons. The molecule has 0 atom stereocenters. The van der Waals surface area contributed by atoms with Crippen LogP contribution in [0.2, 0.25) is 0 Å². The molecule has 0 unspecified atom stereocenters. The van der Waals surface area contributed by atoms with E-state index in [1.165, 1.54) is 0 Å². The van der Waals surface area contributed by atoms with Crippen molar-refractivity contribution in [2.75, 3.05) is 0 Å². The van der Waals surface area contributed by atoms with Crippen LogP contribution >= 0.6 is 11.5 Å². The van der Waals surface area contributed by atoms with Crippen molar-refractivity contribution in [3.8, 4) is 6.07 Å². The predicted molar refractivity (Wildman–Crippen MR) is 52.9 cm³/mol. The van der Waals surface area contributed by atoms with E-state index in [1.54, 1.807) is 0 Å². The Labute approximate surface area is 86.8 Å². The zero-order chi connectivity index (χ0) is 10.4. The number of nitrogens with zero attached hydrogens (tertiary/aromatic N) is 3. The van der Waals surface area contributed by atoms with Gasteiger partial charge in [-0.3, -0.25) is 4.79 Å². The Bertz CT molecular complexity index is 353. The third-order valence-electron chi connectivity index (χ3n) is 1.73. The van der Waals surface area contributed by atoms with Gasteiger partial charge in [0.2, 0.25) is 5.01 Å². The average molecular weight is 209 g/mol. The molecular weight excluding hydrogens is 198 g/mol. The highest BCUT2D eigenvalue weighted by Crippen LogP contribution is 2.05. The first kappa shape index (κ1) is 10.8. The lowest BCUT2D eigenvalue weighted by Crippen LogP contribution is -2.03. The van der Waals surface area contributed by atoms with E-state index in [9.17, 15) is 4.79 Å². The number of carbonyl (C=O) groups excluding carboxylic acids is 1. The molecule has 5 heteroatoms. The zero-order valence-corrected chi connectivity index (χ0v) is 8.80. The molecular formula is C9H11N3OS. The number of rotatable bonds is 5. The number of Topliss-reactive ketones (excluding diaryl/α,β-unsaturated/α-hetero) is 1. The highest BCUT2D eigenvalue weighted by molar-refractivity contribution is 7.06. The second kappa shape index (κ2) is 5.45. The molecule has 0 aliphatic carbocycles. The minimum Gasteiger partial charge on any atom is -0.299 e. The number of nitriles is 1. The first-order valence-electron chi connectivity index (χ1n) is 4.50. The SMILES string of the molecule is CCCCC(=O)Cc1nsc(C#N)n1. The Morgan fingerprint density at radius 3 is 3.00 bits per heavy atom. The quantitative estimate of drug-likeness (QED) is 0.740. The molecule has 0 aromatic carbocycles. The lowest BCUT2D eigenvalue weighted by atomic mass is 10.1. The van der Waals surface area contributed by atoms with Gasteiger partial charge in [-0.2, -0.15) is 9.64 Å². The average Bonchev–Trinajstić information content (AvgIpc) is 2.62. The van der Waals surface area contributed by atoms with E-state index in [-0.39, 0.29) is 12.2 Å². The molecule has 1 rings (SSSR count). The molecule has 0 aliphatic rings. The second-order valence-corrected chi connectivity index (χ2v) is 3.70. The van der Waals surface area contributed by atoms with Crippen molar-refractivity contribution >= 4 is 17.3 Å². The molecule has 1 heterocycles. The fraction of sp³-hybridized carbons (Fsp3) is 0.556. The fourth-order valence-electron chi connectivity index (χ4n) is 1.01. The van der Waals surface area contributed by atoms with Crippen molar-refractivity contribution in [1.29, 1.82) is 5.26 Å². The highest BCUT2D eigenvalue weighted by atomic mass is 32.1. The zero-order valence-electron chi connectivity index (χ0n) is 7.99. The molecule has 4 nitrogen and oxygen atoms in total. The smallest absolute Gasteiger partial charge is 0.214 e. The molecule has 0 bridgehead atoms. The Kier molecular flexibility index (Phi) is 4.20. The summed E-state index contributed by atoms with van der Waals surface area (Å²) in [6.45, 7) is 2.04. The van der Waals surface area contributed by atoms with Crippen LogP contribution in [0.5, 0.6) is 0 Å². The van der Waals surface area contributed by atoms with Crippen LogP contribution in [0.15, 0.2) is 0 Å². The predicted octanol–water partition coefficient (Wildman–Crippen LogP) is 1.71. The van der Waals surface area contributed by atoms with Crippen LogP contribution in [0, 0.1) is 11.3 Å². The number of hydrogen-bond acceptors (Lipinski definition) is 5. The number of ketones is 1. The van der Waals surface area contributed by atoms with Crippen molar-refractivity contribution in [2.24, 2.45) is 0 Å². The fourth-order valence-corrected chi connectivity index (χ4v) is 1.49. The van der Waals surface area contributed by atoms with Crippen LogP contribution in [0.4, 0.5) is 0 Å². The van der Waals surface area contributed by atoms with Crippen LogP contribution in [0.3, 0.4) is 0 Å². The van der Waals surface area contributed by atoms with Gasteiger partial charge in [-0.15, -0.1) is 0 Å². The van der Waals surface area contributed by atoms with Gasteiger partial charge in [0, 0.05) is 6.42 Å². The second-order valence-electron chi connectivity index (χ2n) is 2.95. The summed E-state index contributed by atoms with van der Waals surface area (Å²) in [5, 5.41) is 8.82. The first-order valence-corrected chi connectivity index (χ1v) is 5.28. The topological polar surface area (TPSA) is 66.6 Å². The summed E-state index contributed by atoms with van der Waals surface area (Å²) in [5.74, 6) is 0.627. The Morgan fingerprint density at radius 1 is 1.64 bits per heavy atom. The molecule has 0 saturated carbocycles. The summed E-state index contributed by atoms with van der Waals surface area (Å²) in [4.78, 5) is 15.2. The molecule has 0 N–H and O–H groups in total. The van der Waals surface area contributed by atoms with E-state index in [0.717, 1.165) is 24.4 Å². The van der Waals surface area contributed by atoms with Crippen LogP contribution in [0.1, 0.15) is 37.0 Å². The monoisotopic (exact) mass is 209 g/mol. The molecule has 0 spiro atoms. The van der Waals surface area contributed by atoms with Gasteiger partial charge in [0.1, 0.15) is 11.9 Å². The molecule has 1 aromatic heterocycles. The summed E-state index contributed by atoms with van der Waals surface area (Å²) >= 11 is 1.04. The summed E-state index contributed by atoms with van der Waals surface area (Å²) in [7, 11) is 0. The van der Waals surface area contributed by atoms with E-state index in [4.69, 9.17) is 5.26 Å². The maximum Gasteiger partial charge on any atom is 0.214 e. The summed E-state index contributed by atoms with van der Waals surface area (Å²) in [5.41, 5.74) is 0. The molecule has 0 saturated heterocycles. The van der Waals surface area contributed by atoms with E-state index < -0.39 is 0 Å². The van der Waals surface area contributed by atoms with E-state index in [0.29, 0.717) is 17.3 Å². The molecule has 0 aliphatic heterocycles. The van der Waals surface area contributed by atoms with Crippen LogP contribution in [0.25, 0.3) is 0 Å². The largest absolute Gasteiger partial charge is 0.299 e. The van der Waals surface area contributed by atoms with Gasteiger partial charge in [0.05, 0.1) is 6.42 Å². The van der Waals surface area contributed by atoms with Gasteiger partial charge in [-0.25, -0.2) is 4.98 Å². The summed E-state index contributed by atoms with van der Waals surface area (Å²) in [6.07, 6.45) is 2.77. The molecule has 1 aromatic rings. The van der Waals surface area contributed by atoms with Gasteiger partial charge in [-0.05, 0) is 18.0 Å². The summed E-state index contributed by atoms with van der Waals surface area (Å²) in [6, 6.07) is 1.90. The molecule has 0 amide bonds. The van der Waals surface area contributed by atoms with Crippen LogP contribution in [-0.4, -0.2) is 15.1 Å². The first-order chi connectivity index (χ1) is 6.76. The van der Waals surface area contributed by atoms with Gasteiger partial charge >= 0.3 is 0 Å². The van der Waals surface area contributed by atoms with E-state index in [1.807, 2.05) is 13.0 Å². The minimum atomic E-state index is 0.147. The van der Waals surface area contributed by atoms with E-state index >= 15 is 0 Å². The highest BCUT2D eigenvalue weighted by Gasteiger charge is 2.08. The van der Waals surface area contributed by atoms with Crippen LogP contribution < -0.4 is 0 Å². The van der Waals surface area contributed by atoms with Crippen molar-refractivity contribution in [1.82, 2.24) is 9.36 Å². The number of aromatic nitrogens is 2. The van der Waals surface area contributed by atoms with Crippen molar-refractivity contribution in [3.05, 3.63) is 10.8 Å². The molecule has 74 valence electrons.